The van der Waals surface area contributed by atoms with Crippen molar-refractivity contribution >= 4 is 5.97 Å². The van der Waals surface area contributed by atoms with Gasteiger partial charge in [0.15, 0.2) is 0 Å². The molecule has 17 heavy (non-hydrogen) atoms. The average molecular weight is 234 g/mol. The van der Waals surface area contributed by atoms with Gasteiger partial charge in [-0.15, -0.1) is 0 Å². The van der Waals surface area contributed by atoms with Gasteiger partial charge in [0.1, 0.15) is 0 Å². The Balaban J connectivity index is 1.95. The molecule has 0 bridgehead atoms. The Morgan fingerprint density at radius 2 is 1.82 bits per heavy atom. The van der Waals surface area contributed by atoms with Gasteiger partial charge in [0, 0.05) is 6.42 Å². The van der Waals surface area contributed by atoms with Crippen molar-refractivity contribution in [2.45, 2.75) is 38.2 Å². The van der Waals surface area contributed by atoms with Gasteiger partial charge in [-0.1, -0.05) is 31.2 Å². The summed E-state index contributed by atoms with van der Waals surface area (Å²) in [6, 6.07) is 8.16. The maximum absolute atomic E-state index is 10.7. The molecule has 0 aromatic heterocycles. The van der Waals surface area contributed by atoms with Gasteiger partial charge in [0.05, 0.1) is 11.5 Å². The van der Waals surface area contributed by atoms with Gasteiger partial charge >= 0.3 is 5.97 Å². The van der Waals surface area contributed by atoms with Crippen LogP contribution in [-0.4, -0.2) is 21.8 Å². The van der Waals surface area contributed by atoms with Crippen LogP contribution in [0.3, 0.4) is 0 Å². The summed E-state index contributed by atoms with van der Waals surface area (Å²) in [4.78, 5) is 10.7. The molecule has 1 aliphatic carbocycles. The topological polar surface area (TPSA) is 57.5 Å². The van der Waals surface area contributed by atoms with Gasteiger partial charge in [0.25, 0.3) is 0 Å². The van der Waals surface area contributed by atoms with Gasteiger partial charge in [-0.3, -0.25) is 4.79 Å². The fraction of sp³-hybridized carbons (Fsp3) is 0.500. The molecule has 0 aliphatic heterocycles. The molecule has 0 heterocycles. The van der Waals surface area contributed by atoms with Crippen molar-refractivity contribution in [2.24, 2.45) is 5.92 Å². The lowest BCUT2D eigenvalue weighted by Crippen LogP contribution is -2.48. The number of carboxylic acids is 1. The highest BCUT2D eigenvalue weighted by atomic mass is 16.4. The fourth-order valence-electron chi connectivity index (χ4n) is 2.45. The number of aryl methyl sites for hydroxylation is 1. The zero-order valence-electron chi connectivity index (χ0n) is 10.0. The number of aliphatic hydroxyl groups is 1. The molecule has 0 amide bonds. The first-order valence-corrected chi connectivity index (χ1v) is 6.05. The average Bonchev–Trinajstić information content (AvgIpc) is 2.26. The summed E-state index contributed by atoms with van der Waals surface area (Å²) >= 11 is 0. The Kier molecular flexibility index (Phi) is 3.20. The van der Waals surface area contributed by atoms with Crippen LogP contribution in [-0.2, 0) is 17.6 Å². The molecule has 1 aromatic carbocycles. The van der Waals surface area contributed by atoms with Crippen molar-refractivity contribution in [1.82, 2.24) is 0 Å². The van der Waals surface area contributed by atoms with E-state index in [0.29, 0.717) is 19.3 Å². The number of rotatable bonds is 4. The van der Waals surface area contributed by atoms with Crippen LogP contribution in [0, 0.1) is 5.92 Å². The lowest BCUT2D eigenvalue weighted by Gasteiger charge is -2.41. The van der Waals surface area contributed by atoms with Crippen molar-refractivity contribution in [1.29, 1.82) is 0 Å². The molecular formula is C14H18O3. The molecule has 1 saturated carbocycles. The maximum Gasteiger partial charge on any atom is 0.306 e. The van der Waals surface area contributed by atoms with E-state index in [4.69, 9.17) is 5.11 Å². The van der Waals surface area contributed by atoms with E-state index in [9.17, 15) is 9.90 Å². The lowest BCUT2D eigenvalue weighted by atomic mass is 9.68. The third-order valence-electron chi connectivity index (χ3n) is 3.57. The number of carbonyl (C=O) groups is 1. The molecule has 0 spiro atoms. The summed E-state index contributed by atoms with van der Waals surface area (Å²) in [5, 5.41) is 18.9. The van der Waals surface area contributed by atoms with Crippen LogP contribution in [0.4, 0.5) is 0 Å². The molecule has 3 heteroatoms. The Hall–Kier alpha value is -1.35. The molecule has 1 aliphatic rings. The summed E-state index contributed by atoms with van der Waals surface area (Å²) in [6.07, 6.45) is 2.31. The van der Waals surface area contributed by atoms with Crippen LogP contribution in [0.25, 0.3) is 0 Å². The van der Waals surface area contributed by atoms with Crippen LogP contribution < -0.4 is 0 Å². The van der Waals surface area contributed by atoms with Crippen LogP contribution in [0.15, 0.2) is 24.3 Å². The monoisotopic (exact) mass is 234 g/mol. The Morgan fingerprint density at radius 1 is 1.29 bits per heavy atom. The SMILES string of the molecule is CCc1ccc(CC2(O)CC(C(=O)O)C2)cc1. The molecule has 1 aromatic rings. The second kappa shape index (κ2) is 4.49. The van der Waals surface area contributed by atoms with Gasteiger partial charge < -0.3 is 10.2 Å². The minimum atomic E-state index is -0.809. The molecule has 2 N–H and O–H groups in total. The third-order valence-corrected chi connectivity index (χ3v) is 3.57. The third kappa shape index (κ3) is 2.67. The minimum absolute atomic E-state index is 0.366. The number of carboxylic acid groups (broad SMARTS) is 1. The van der Waals surface area contributed by atoms with E-state index in [1.54, 1.807) is 0 Å². The molecule has 3 nitrogen and oxygen atoms in total. The molecule has 0 saturated heterocycles. The van der Waals surface area contributed by atoms with Gasteiger partial charge in [-0.25, -0.2) is 0 Å². The van der Waals surface area contributed by atoms with Gasteiger partial charge in [-0.2, -0.15) is 0 Å². The number of hydrogen-bond donors (Lipinski definition) is 2. The van der Waals surface area contributed by atoms with Gasteiger partial charge in [0.2, 0.25) is 0 Å². The van der Waals surface area contributed by atoms with Crippen LogP contribution in [0.2, 0.25) is 0 Å². The van der Waals surface area contributed by atoms with E-state index >= 15 is 0 Å². The largest absolute Gasteiger partial charge is 0.481 e. The standard InChI is InChI=1S/C14H18O3/c1-2-10-3-5-11(6-4-10)7-14(17)8-12(9-14)13(15)16/h3-6,12,17H,2,7-9H2,1H3,(H,15,16). The van der Waals surface area contributed by atoms with E-state index < -0.39 is 11.6 Å². The highest BCUT2D eigenvalue weighted by Gasteiger charge is 2.46. The zero-order chi connectivity index (χ0) is 12.5. The zero-order valence-corrected chi connectivity index (χ0v) is 10.0. The Bertz CT molecular complexity index is 402. The highest BCUT2D eigenvalue weighted by Crippen LogP contribution is 2.40. The number of hydrogen-bond acceptors (Lipinski definition) is 2. The highest BCUT2D eigenvalue weighted by molar-refractivity contribution is 5.71. The summed E-state index contributed by atoms with van der Waals surface area (Å²) < 4.78 is 0. The van der Waals surface area contributed by atoms with Crippen molar-refractivity contribution in [3.8, 4) is 0 Å². The molecule has 0 unspecified atom stereocenters. The predicted molar refractivity (Wildman–Crippen MR) is 64.8 cm³/mol. The summed E-state index contributed by atoms with van der Waals surface area (Å²) in [5.74, 6) is -1.16. The molecule has 1 fully saturated rings. The normalized spacial score (nSPS) is 27.5. The van der Waals surface area contributed by atoms with Crippen LogP contribution in [0.1, 0.15) is 30.9 Å². The second-order valence-electron chi connectivity index (χ2n) is 5.01. The van der Waals surface area contributed by atoms with Crippen molar-refractivity contribution in [2.75, 3.05) is 0 Å². The van der Waals surface area contributed by atoms with Crippen molar-refractivity contribution < 1.29 is 15.0 Å². The number of benzene rings is 1. The van der Waals surface area contributed by atoms with Crippen LogP contribution >= 0.6 is 0 Å². The van der Waals surface area contributed by atoms with Crippen molar-refractivity contribution in [3.05, 3.63) is 35.4 Å². The van der Waals surface area contributed by atoms with Crippen LogP contribution in [0.5, 0.6) is 0 Å². The molecule has 0 radical (unpaired) electrons. The van der Waals surface area contributed by atoms with E-state index in [-0.39, 0.29) is 5.92 Å². The van der Waals surface area contributed by atoms with Crippen molar-refractivity contribution in [3.63, 3.8) is 0 Å². The smallest absolute Gasteiger partial charge is 0.306 e. The summed E-state index contributed by atoms with van der Waals surface area (Å²) in [6.45, 7) is 2.10. The Morgan fingerprint density at radius 3 is 2.29 bits per heavy atom. The Labute approximate surface area is 101 Å². The first-order valence-electron chi connectivity index (χ1n) is 6.05. The molecule has 92 valence electrons. The second-order valence-corrected chi connectivity index (χ2v) is 5.01. The minimum Gasteiger partial charge on any atom is -0.481 e. The first-order chi connectivity index (χ1) is 8.02. The van der Waals surface area contributed by atoms with E-state index in [1.165, 1.54) is 5.56 Å². The van der Waals surface area contributed by atoms with E-state index in [1.807, 2.05) is 12.1 Å². The molecule has 0 atom stereocenters. The van der Waals surface area contributed by atoms with E-state index in [2.05, 4.69) is 19.1 Å². The number of aliphatic carboxylic acids is 1. The van der Waals surface area contributed by atoms with Gasteiger partial charge in [-0.05, 0) is 30.4 Å². The fourth-order valence-corrected chi connectivity index (χ4v) is 2.45. The first kappa shape index (κ1) is 12.1. The molecular weight excluding hydrogens is 216 g/mol. The molecule has 2 rings (SSSR count). The lowest BCUT2D eigenvalue weighted by molar-refractivity contribution is -0.158. The quantitative estimate of drug-likeness (QED) is 0.838. The van der Waals surface area contributed by atoms with E-state index in [0.717, 1.165) is 12.0 Å². The predicted octanol–water partition coefficient (Wildman–Crippen LogP) is 2.02. The summed E-state index contributed by atoms with van der Waals surface area (Å²) in [7, 11) is 0. The summed E-state index contributed by atoms with van der Waals surface area (Å²) in [5.41, 5.74) is 1.54. The maximum atomic E-state index is 10.7.